The Morgan fingerprint density at radius 3 is 2.27 bits per heavy atom. The van der Waals surface area contributed by atoms with Crippen LogP contribution in [0.3, 0.4) is 0 Å². The fourth-order valence-electron chi connectivity index (χ4n) is 2.59. The normalized spacial score (nSPS) is 10.1. The number of amides is 1. The van der Waals surface area contributed by atoms with Crippen LogP contribution in [0.2, 0.25) is 0 Å². The molecular weight excluding hydrogens is 396 g/mol. The first-order valence-electron chi connectivity index (χ1n) is 8.86. The molecule has 0 unspecified atom stereocenters. The van der Waals surface area contributed by atoms with Gasteiger partial charge in [0.2, 0.25) is 0 Å². The molecule has 2 aromatic rings. The first-order valence-corrected chi connectivity index (χ1v) is 8.86. The number of hydrogen-bond acceptors (Lipinski definition) is 8. The Kier molecular flexibility index (Phi) is 7.98. The second kappa shape index (κ2) is 10.6. The number of nitrogens with zero attached hydrogens (tertiary/aromatic N) is 1. The molecule has 0 heterocycles. The molecule has 0 aliphatic heterocycles. The average Bonchev–Trinajstić information content (AvgIpc) is 2.75. The highest BCUT2D eigenvalue weighted by Gasteiger charge is 2.15. The molecule has 1 amide bonds. The van der Waals surface area contributed by atoms with Crippen molar-refractivity contribution in [3.05, 3.63) is 52.1 Å². The lowest BCUT2D eigenvalue weighted by Gasteiger charge is -2.11. The van der Waals surface area contributed by atoms with Crippen LogP contribution in [0.4, 0.5) is 11.4 Å². The first-order chi connectivity index (χ1) is 14.4. The van der Waals surface area contributed by atoms with Crippen LogP contribution in [0.5, 0.6) is 17.2 Å². The lowest BCUT2D eigenvalue weighted by molar-refractivity contribution is -0.384. The van der Waals surface area contributed by atoms with Gasteiger partial charge in [-0.1, -0.05) is 6.07 Å². The number of nitrogens with one attached hydrogen (secondary N) is 1. The minimum atomic E-state index is -0.645. The van der Waals surface area contributed by atoms with Crippen molar-refractivity contribution in [1.82, 2.24) is 0 Å². The number of non-ortho nitro benzene ring substituents is 1. The van der Waals surface area contributed by atoms with Gasteiger partial charge in [-0.25, -0.2) is 0 Å². The quantitative estimate of drug-likeness (QED) is 0.355. The standard InChI is InChI=1S/C20H22N2O8/c1-27-16-8-6-14(22(25)26)11-15(16)21-19(23)12-30-20(24)9-5-13-4-7-17(28-2)18(10-13)29-3/h4,6-8,10-11H,5,9,12H2,1-3H3,(H,21,23). The summed E-state index contributed by atoms with van der Waals surface area (Å²) in [5.41, 5.74) is 0.742. The van der Waals surface area contributed by atoms with Gasteiger partial charge in [0.1, 0.15) is 5.75 Å². The Labute approximate surface area is 172 Å². The Bertz CT molecular complexity index is 929. The maximum atomic E-state index is 12.1. The minimum Gasteiger partial charge on any atom is -0.495 e. The van der Waals surface area contributed by atoms with Crippen LogP contribution in [0, 0.1) is 10.1 Å². The monoisotopic (exact) mass is 418 g/mol. The van der Waals surface area contributed by atoms with Gasteiger partial charge in [-0.05, 0) is 30.2 Å². The molecule has 0 aromatic heterocycles. The molecule has 0 aliphatic rings. The Hall–Kier alpha value is -3.82. The molecule has 30 heavy (non-hydrogen) atoms. The van der Waals surface area contributed by atoms with E-state index in [1.54, 1.807) is 18.2 Å². The van der Waals surface area contributed by atoms with Crippen molar-refractivity contribution in [1.29, 1.82) is 0 Å². The van der Waals surface area contributed by atoms with E-state index in [0.717, 1.165) is 11.6 Å². The fraction of sp³-hybridized carbons (Fsp3) is 0.300. The lowest BCUT2D eigenvalue weighted by atomic mass is 10.1. The van der Waals surface area contributed by atoms with E-state index in [1.807, 2.05) is 0 Å². The summed E-state index contributed by atoms with van der Waals surface area (Å²) in [6, 6.07) is 9.07. The van der Waals surface area contributed by atoms with Crippen molar-refractivity contribution >= 4 is 23.3 Å². The number of carbonyl (C=O) groups is 2. The molecule has 0 bridgehead atoms. The smallest absolute Gasteiger partial charge is 0.306 e. The summed E-state index contributed by atoms with van der Waals surface area (Å²) >= 11 is 0. The maximum Gasteiger partial charge on any atom is 0.306 e. The first kappa shape index (κ1) is 22.5. The van der Waals surface area contributed by atoms with Crippen molar-refractivity contribution in [2.45, 2.75) is 12.8 Å². The van der Waals surface area contributed by atoms with Gasteiger partial charge in [0, 0.05) is 18.6 Å². The lowest BCUT2D eigenvalue weighted by Crippen LogP contribution is -2.21. The molecule has 10 heteroatoms. The number of ether oxygens (including phenoxy) is 4. The molecule has 0 aliphatic carbocycles. The van der Waals surface area contributed by atoms with Crippen LogP contribution >= 0.6 is 0 Å². The van der Waals surface area contributed by atoms with Crippen molar-refractivity contribution in [2.75, 3.05) is 33.3 Å². The number of benzene rings is 2. The van der Waals surface area contributed by atoms with Gasteiger partial charge in [0.05, 0.1) is 31.9 Å². The molecule has 0 saturated carbocycles. The van der Waals surface area contributed by atoms with Gasteiger partial charge < -0.3 is 24.3 Å². The zero-order chi connectivity index (χ0) is 22.1. The van der Waals surface area contributed by atoms with Crippen LogP contribution in [-0.2, 0) is 20.7 Å². The predicted octanol–water partition coefficient (Wildman–Crippen LogP) is 2.74. The number of esters is 1. The molecule has 0 atom stereocenters. The van der Waals surface area contributed by atoms with E-state index < -0.39 is 23.4 Å². The summed E-state index contributed by atoms with van der Waals surface area (Å²) in [4.78, 5) is 34.3. The number of anilines is 1. The number of nitro groups is 1. The largest absolute Gasteiger partial charge is 0.495 e. The molecule has 0 saturated heterocycles. The van der Waals surface area contributed by atoms with E-state index in [-0.39, 0.29) is 23.5 Å². The number of methoxy groups -OCH3 is 3. The van der Waals surface area contributed by atoms with Crippen LogP contribution in [0.15, 0.2) is 36.4 Å². The molecule has 0 radical (unpaired) electrons. The van der Waals surface area contributed by atoms with E-state index in [2.05, 4.69) is 5.32 Å². The Morgan fingerprint density at radius 1 is 0.967 bits per heavy atom. The number of rotatable bonds is 10. The topological polar surface area (TPSA) is 126 Å². The number of nitro benzene ring substituents is 1. The van der Waals surface area contributed by atoms with Gasteiger partial charge in [-0.2, -0.15) is 0 Å². The summed E-state index contributed by atoms with van der Waals surface area (Å²) < 4.78 is 20.4. The van der Waals surface area contributed by atoms with Crippen LogP contribution in [0.1, 0.15) is 12.0 Å². The molecule has 160 valence electrons. The summed E-state index contributed by atoms with van der Waals surface area (Å²) in [5, 5.41) is 13.3. The van der Waals surface area contributed by atoms with E-state index in [1.165, 1.54) is 33.5 Å². The highest BCUT2D eigenvalue weighted by molar-refractivity contribution is 5.94. The highest BCUT2D eigenvalue weighted by Crippen LogP contribution is 2.29. The average molecular weight is 418 g/mol. The zero-order valence-electron chi connectivity index (χ0n) is 16.8. The Morgan fingerprint density at radius 2 is 1.63 bits per heavy atom. The molecule has 10 nitrogen and oxygen atoms in total. The molecule has 1 N–H and O–H groups in total. The van der Waals surface area contributed by atoms with Gasteiger partial charge >= 0.3 is 5.97 Å². The van der Waals surface area contributed by atoms with Crippen molar-refractivity contribution in [2.24, 2.45) is 0 Å². The van der Waals surface area contributed by atoms with Crippen molar-refractivity contribution in [3.8, 4) is 17.2 Å². The van der Waals surface area contributed by atoms with Crippen LogP contribution < -0.4 is 19.5 Å². The summed E-state index contributed by atoms with van der Waals surface area (Å²) in [5.74, 6) is 0.165. The van der Waals surface area contributed by atoms with E-state index >= 15 is 0 Å². The summed E-state index contributed by atoms with van der Waals surface area (Å²) in [7, 11) is 4.42. The number of carbonyl (C=O) groups excluding carboxylic acids is 2. The molecule has 0 fully saturated rings. The maximum absolute atomic E-state index is 12.1. The second-order valence-electron chi connectivity index (χ2n) is 6.04. The third-order valence-electron chi connectivity index (χ3n) is 4.10. The summed E-state index contributed by atoms with van der Waals surface area (Å²) in [6.45, 7) is -0.531. The van der Waals surface area contributed by atoms with E-state index in [9.17, 15) is 19.7 Å². The van der Waals surface area contributed by atoms with Gasteiger partial charge in [-0.3, -0.25) is 19.7 Å². The van der Waals surface area contributed by atoms with Crippen LogP contribution in [-0.4, -0.2) is 44.7 Å². The fourth-order valence-corrected chi connectivity index (χ4v) is 2.59. The van der Waals surface area contributed by atoms with Gasteiger partial charge in [-0.15, -0.1) is 0 Å². The van der Waals surface area contributed by atoms with E-state index in [0.29, 0.717) is 17.9 Å². The number of hydrogen-bond donors (Lipinski definition) is 1. The summed E-state index contributed by atoms with van der Waals surface area (Å²) in [6.07, 6.45) is 0.447. The minimum absolute atomic E-state index is 0.0584. The van der Waals surface area contributed by atoms with Crippen molar-refractivity contribution < 1.29 is 33.5 Å². The van der Waals surface area contributed by atoms with Crippen LogP contribution in [0.25, 0.3) is 0 Å². The SMILES string of the molecule is COc1ccc([N+](=O)[O-])cc1NC(=O)COC(=O)CCc1ccc(OC)c(OC)c1. The van der Waals surface area contributed by atoms with Gasteiger partial charge in [0.25, 0.3) is 11.6 Å². The Balaban J connectivity index is 1.87. The molecule has 2 aromatic carbocycles. The third kappa shape index (κ3) is 6.09. The number of aryl methyl sites for hydroxylation is 1. The molecule has 2 rings (SSSR count). The third-order valence-corrected chi connectivity index (χ3v) is 4.10. The zero-order valence-corrected chi connectivity index (χ0v) is 16.8. The molecule has 0 spiro atoms. The van der Waals surface area contributed by atoms with E-state index in [4.69, 9.17) is 18.9 Å². The second-order valence-corrected chi connectivity index (χ2v) is 6.04. The highest BCUT2D eigenvalue weighted by atomic mass is 16.6. The molecular formula is C20H22N2O8. The van der Waals surface area contributed by atoms with Gasteiger partial charge in [0.15, 0.2) is 18.1 Å². The predicted molar refractivity (Wildman–Crippen MR) is 107 cm³/mol. The van der Waals surface area contributed by atoms with Crippen molar-refractivity contribution in [3.63, 3.8) is 0 Å².